The largest absolute Gasteiger partial charge is 0.207 e. The van der Waals surface area contributed by atoms with Gasteiger partial charge in [0.2, 0.25) is 0 Å². The van der Waals surface area contributed by atoms with Crippen LogP contribution in [-0.4, -0.2) is 0 Å². The van der Waals surface area contributed by atoms with Crippen LogP contribution in [-0.2, 0) is 12.8 Å². The lowest BCUT2D eigenvalue weighted by molar-refractivity contribution is 0.616. The summed E-state index contributed by atoms with van der Waals surface area (Å²) in [6.07, 6.45) is 3.40. The molecule has 58 valence electrons. The van der Waals surface area contributed by atoms with Crippen LogP contribution in [0.25, 0.3) is 0 Å². The standard InChI is InChI=1S/C10H11F/c1-7-9-4-2-3-8(9)5-6-10(7)11/h5-6H,2-4H2,1H3. The maximum absolute atomic E-state index is 13.0. The van der Waals surface area contributed by atoms with Crippen molar-refractivity contribution in [1.82, 2.24) is 0 Å². The van der Waals surface area contributed by atoms with Gasteiger partial charge in [0.15, 0.2) is 0 Å². The van der Waals surface area contributed by atoms with E-state index in [0.29, 0.717) is 0 Å². The van der Waals surface area contributed by atoms with Crippen LogP contribution in [0.4, 0.5) is 4.39 Å². The second-order valence-electron chi connectivity index (χ2n) is 3.16. The molecule has 1 aromatic rings. The first-order valence-corrected chi connectivity index (χ1v) is 4.06. The van der Waals surface area contributed by atoms with Gasteiger partial charge in [-0.05, 0) is 48.9 Å². The van der Waals surface area contributed by atoms with Crippen molar-refractivity contribution in [3.8, 4) is 0 Å². The molecule has 0 bridgehead atoms. The van der Waals surface area contributed by atoms with E-state index in [2.05, 4.69) is 0 Å². The van der Waals surface area contributed by atoms with Gasteiger partial charge < -0.3 is 0 Å². The van der Waals surface area contributed by atoms with Gasteiger partial charge in [0, 0.05) is 0 Å². The molecule has 0 heterocycles. The van der Waals surface area contributed by atoms with E-state index in [1.165, 1.54) is 17.5 Å². The van der Waals surface area contributed by atoms with Gasteiger partial charge in [-0.2, -0.15) is 0 Å². The summed E-state index contributed by atoms with van der Waals surface area (Å²) in [5.41, 5.74) is 3.47. The Morgan fingerprint density at radius 1 is 1.27 bits per heavy atom. The number of rotatable bonds is 0. The number of fused-ring (bicyclic) bond motifs is 1. The first-order valence-electron chi connectivity index (χ1n) is 4.06. The summed E-state index contributed by atoms with van der Waals surface area (Å²) in [5, 5.41) is 0. The van der Waals surface area contributed by atoms with E-state index in [0.717, 1.165) is 18.4 Å². The fourth-order valence-corrected chi connectivity index (χ4v) is 1.82. The first kappa shape index (κ1) is 6.84. The maximum Gasteiger partial charge on any atom is 0.126 e. The fraction of sp³-hybridized carbons (Fsp3) is 0.400. The molecule has 1 aliphatic rings. The lowest BCUT2D eigenvalue weighted by Crippen LogP contribution is -1.90. The van der Waals surface area contributed by atoms with E-state index in [1.54, 1.807) is 6.07 Å². The zero-order valence-electron chi connectivity index (χ0n) is 6.65. The number of hydrogen-bond acceptors (Lipinski definition) is 0. The Labute approximate surface area is 66.1 Å². The van der Waals surface area contributed by atoms with E-state index in [4.69, 9.17) is 0 Å². The minimum atomic E-state index is -0.0503. The predicted octanol–water partition coefficient (Wildman–Crippen LogP) is 2.62. The highest BCUT2D eigenvalue weighted by Gasteiger charge is 2.14. The van der Waals surface area contributed by atoms with Crippen molar-refractivity contribution >= 4 is 0 Å². The summed E-state index contributed by atoms with van der Waals surface area (Å²) in [7, 11) is 0. The smallest absolute Gasteiger partial charge is 0.126 e. The van der Waals surface area contributed by atoms with Crippen LogP contribution in [0.5, 0.6) is 0 Å². The highest BCUT2D eigenvalue weighted by atomic mass is 19.1. The lowest BCUT2D eigenvalue weighted by atomic mass is 10.0. The topological polar surface area (TPSA) is 0 Å². The molecule has 1 aromatic carbocycles. The summed E-state index contributed by atoms with van der Waals surface area (Å²) >= 11 is 0. The summed E-state index contributed by atoms with van der Waals surface area (Å²) in [6.45, 7) is 1.87. The SMILES string of the molecule is Cc1c(F)ccc2c1CCC2. The van der Waals surface area contributed by atoms with Crippen molar-refractivity contribution in [3.63, 3.8) is 0 Å². The Morgan fingerprint density at radius 2 is 2.09 bits per heavy atom. The number of benzene rings is 1. The minimum absolute atomic E-state index is 0.0503. The minimum Gasteiger partial charge on any atom is -0.207 e. The molecule has 0 amide bonds. The highest BCUT2D eigenvalue weighted by Crippen LogP contribution is 2.26. The molecule has 0 fully saturated rings. The van der Waals surface area contributed by atoms with Crippen molar-refractivity contribution in [2.24, 2.45) is 0 Å². The van der Waals surface area contributed by atoms with Crippen LogP contribution in [0, 0.1) is 12.7 Å². The van der Waals surface area contributed by atoms with Gasteiger partial charge in [0.1, 0.15) is 5.82 Å². The van der Waals surface area contributed by atoms with Crippen molar-refractivity contribution in [2.45, 2.75) is 26.2 Å². The molecule has 0 aliphatic heterocycles. The molecule has 0 spiro atoms. The Kier molecular flexibility index (Phi) is 1.45. The molecule has 0 saturated heterocycles. The molecule has 0 saturated carbocycles. The maximum atomic E-state index is 13.0. The number of halogens is 1. The lowest BCUT2D eigenvalue weighted by Gasteiger charge is -2.03. The van der Waals surface area contributed by atoms with Gasteiger partial charge in [0.05, 0.1) is 0 Å². The number of aryl methyl sites for hydroxylation is 1. The summed E-state index contributed by atoms with van der Waals surface area (Å²) in [4.78, 5) is 0. The van der Waals surface area contributed by atoms with Crippen molar-refractivity contribution in [3.05, 3.63) is 34.6 Å². The van der Waals surface area contributed by atoms with Crippen LogP contribution in [0.2, 0.25) is 0 Å². The van der Waals surface area contributed by atoms with Crippen LogP contribution >= 0.6 is 0 Å². The van der Waals surface area contributed by atoms with Crippen LogP contribution in [0.3, 0.4) is 0 Å². The summed E-state index contributed by atoms with van der Waals surface area (Å²) < 4.78 is 13.0. The average molecular weight is 150 g/mol. The van der Waals surface area contributed by atoms with Crippen molar-refractivity contribution < 1.29 is 4.39 Å². The normalized spacial score (nSPS) is 15.1. The summed E-state index contributed by atoms with van der Waals surface area (Å²) in [5.74, 6) is -0.0503. The van der Waals surface area contributed by atoms with Crippen molar-refractivity contribution in [2.75, 3.05) is 0 Å². The van der Waals surface area contributed by atoms with Gasteiger partial charge >= 0.3 is 0 Å². The summed E-state index contributed by atoms with van der Waals surface area (Å²) in [6, 6.07) is 3.50. The third-order valence-corrected chi connectivity index (χ3v) is 2.50. The van der Waals surface area contributed by atoms with Gasteiger partial charge in [-0.3, -0.25) is 0 Å². The van der Waals surface area contributed by atoms with Gasteiger partial charge in [-0.1, -0.05) is 6.07 Å². The van der Waals surface area contributed by atoms with Crippen LogP contribution in [0.1, 0.15) is 23.1 Å². The van der Waals surface area contributed by atoms with E-state index in [9.17, 15) is 4.39 Å². The van der Waals surface area contributed by atoms with E-state index >= 15 is 0 Å². The van der Waals surface area contributed by atoms with E-state index in [-0.39, 0.29) is 5.82 Å². The Morgan fingerprint density at radius 3 is 2.91 bits per heavy atom. The Hall–Kier alpha value is -0.850. The molecule has 1 heteroatoms. The molecule has 1 aliphatic carbocycles. The van der Waals surface area contributed by atoms with Crippen LogP contribution < -0.4 is 0 Å². The molecular formula is C10H11F. The van der Waals surface area contributed by atoms with Crippen LogP contribution in [0.15, 0.2) is 12.1 Å². The molecular weight excluding hydrogens is 139 g/mol. The predicted molar refractivity (Wildman–Crippen MR) is 43.2 cm³/mol. The zero-order chi connectivity index (χ0) is 7.84. The van der Waals surface area contributed by atoms with Gasteiger partial charge in [0.25, 0.3) is 0 Å². The Balaban J connectivity index is 2.62. The molecule has 11 heavy (non-hydrogen) atoms. The highest BCUT2D eigenvalue weighted by molar-refractivity contribution is 5.38. The fourth-order valence-electron chi connectivity index (χ4n) is 1.82. The second kappa shape index (κ2) is 2.33. The molecule has 0 atom stereocenters. The second-order valence-corrected chi connectivity index (χ2v) is 3.16. The molecule has 0 aromatic heterocycles. The molecule has 2 rings (SSSR count). The first-order chi connectivity index (χ1) is 5.29. The molecule has 0 radical (unpaired) electrons. The molecule has 0 unspecified atom stereocenters. The van der Waals surface area contributed by atoms with Gasteiger partial charge in [-0.15, -0.1) is 0 Å². The quantitative estimate of drug-likeness (QED) is 0.533. The Bertz CT molecular complexity index is 289. The molecule has 0 N–H and O–H groups in total. The van der Waals surface area contributed by atoms with E-state index < -0.39 is 0 Å². The third-order valence-electron chi connectivity index (χ3n) is 2.50. The third kappa shape index (κ3) is 0.953. The molecule has 0 nitrogen and oxygen atoms in total. The number of hydrogen-bond donors (Lipinski definition) is 0. The van der Waals surface area contributed by atoms with Crippen molar-refractivity contribution in [1.29, 1.82) is 0 Å². The van der Waals surface area contributed by atoms with Gasteiger partial charge in [-0.25, -0.2) is 4.39 Å². The zero-order valence-corrected chi connectivity index (χ0v) is 6.65. The monoisotopic (exact) mass is 150 g/mol. The average Bonchev–Trinajstić information content (AvgIpc) is 2.45. The van der Waals surface area contributed by atoms with E-state index in [1.807, 2.05) is 13.0 Å².